The van der Waals surface area contributed by atoms with Gasteiger partial charge in [-0.25, -0.2) is 4.98 Å². The largest absolute Gasteiger partial charge is 0.357 e. The van der Waals surface area contributed by atoms with Crippen LogP contribution >= 0.6 is 11.3 Å². The number of carbonyl (C=O) groups excluding carboxylic acids is 1. The van der Waals surface area contributed by atoms with Crippen LogP contribution in [0, 0.1) is 5.41 Å². The normalized spacial score (nSPS) is 16.6. The van der Waals surface area contributed by atoms with Crippen molar-refractivity contribution in [1.82, 2.24) is 20.5 Å². The number of carbonyl (C=O) groups is 1. The molecule has 0 atom stereocenters. The summed E-state index contributed by atoms with van der Waals surface area (Å²) in [6, 6.07) is 0. The number of nitrogens with one attached hydrogen (secondary N) is 2. The lowest BCUT2D eigenvalue weighted by Crippen LogP contribution is -2.43. The second-order valence-electron chi connectivity index (χ2n) is 7.89. The third kappa shape index (κ3) is 5.92. The maximum atomic E-state index is 12.7. The number of aliphatic imine (C=N–C) groups is 1. The molecule has 1 aromatic heterocycles. The van der Waals surface area contributed by atoms with Gasteiger partial charge in [0.15, 0.2) is 5.96 Å². The number of aromatic nitrogens is 1. The number of hydrogen-bond acceptors (Lipinski definition) is 4. The molecule has 6 nitrogen and oxygen atoms in total. The molecule has 7 heteroatoms. The van der Waals surface area contributed by atoms with E-state index in [-0.39, 0.29) is 11.3 Å². The average molecular weight is 394 g/mol. The van der Waals surface area contributed by atoms with E-state index < -0.39 is 0 Å². The van der Waals surface area contributed by atoms with Gasteiger partial charge in [-0.15, -0.1) is 11.3 Å². The number of guanidine groups is 1. The Hall–Kier alpha value is -1.63. The van der Waals surface area contributed by atoms with E-state index >= 15 is 0 Å². The fraction of sp³-hybridized carbons (Fsp3) is 0.750. The highest BCUT2D eigenvalue weighted by Gasteiger charge is 2.42. The number of hydrogen-bond donors (Lipinski definition) is 2. The summed E-state index contributed by atoms with van der Waals surface area (Å²) in [5.41, 5.74) is 0.800. The monoisotopic (exact) mass is 393 g/mol. The van der Waals surface area contributed by atoms with Crippen molar-refractivity contribution in [2.24, 2.45) is 10.4 Å². The van der Waals surface area contributed by atoms with Crippen LogP contribution in [-0.2, 0) is 11.2 Å². The average Bonchev–Trinajstić information content (AvgIpc) is 3.29. The van der Waals surface area contributed by atoms with E-state index in [0.29, 0.717) is 12.5 Å². The summed E-state index contributed by atoms with van der Waals surface area (Å²) in [7, 11) is 3.68. The van der Waals surface area contributed by atoms with Gasteiger partial charge in [0.1, 0.15) is 0 Å². The molecule has 0 bridgehead atoms. The summed E-state index contributed by atoms with van der Waals surface area (Å²) in [5, 5.41) is 10.0. The zero-order chi connectivity index (χ0) is 19.9. The minimum Gasteiger partial charge on any atom is -0.357 e. The summed E-state index contributed by atoms with van der Waals surface area (Å²) in [6.45, 7) is 8.53. The molecule has 1 aromatic rings. The van der Waals surface area contributed by atoms with Gasteiger partial charge in [0.05, 0.1) is 22.7 Å². The lowest BCUT2D eigenvalue weighted by atomic mass is 9.85. The molecule has 0 spiro atoms. The highest BCUT2D eigenvalue weighted by atomic mass is 32.1. The van der Waals surface area contributed by atoms with Crippen LogP contribution in [0.15, 0.2) is 10.4 Å². The standard InChI is InChI=1S/C20H35N5OS/c1-6-21-19(22-12-9-16-13-27-17(24-16)15(2)3)23-14-20(10-7-8-11-20)18(26)25(4)5/h13,15H,6-12,14H2,1-5H3,(H2,21,22,23). The molecule has 1 saturated carbocycles. The number of amides is 1. The van der Waals surface area contributed by atoms with E-state index in [9.17, 15) is 4.79 Å². The summed E-state index contributed by atoms with van der Waals surface area (Å²) >= 11 is 1.73. The minimum absolute atomic E-state index is 0.211. The fourth-order valence-electron chi connectivity index (χ4n) is 3.55. The summed E-state index contributed by atoms with van der Waals surface area (Å²) in [6.07, 6.45) is 4.96. The Kier molecular flexibility index (Phi) is 8.07. The molecule has 2 rings (SSSR count). The van der Waals surface area contributed by atoms with E-state index in [1.165, 1.54) is 5.01 Å². The van der Waals surface area contributed by atoms with Crippen LogP contribution in [-0.4, -0.2) is 55.5 Å². The molecule has 2 N–H and O–H groups in total. The van der Waals surface area contributed by atoms with Crippen molar-refractivity contribution in [1.29, 1.82) is 0 Å². The van der Waals surface area contributed by atoms with Crippen molar-refractivity contribution in [3.8, 4) is 0 Å². The second kappa shape index (κ2) is 10.1. The van der Waals surface area contributed by atoms with Gasteiger partial charge in [-0.3, -0.25) is 9.79 Å². The Morgan fingerprint density at radius 1 is 1.33 bits per heavy atom. The van der Waals surface area contributed by atoms with Crippen LogP contribution in [0.1, 0.15) is 63.1 Å². The van der Waals surface area contributed by atoms with Crippen molar-refractivity contribution in [3.63, 3.8) is 0 Å². The Morgan fingerprint density at radius 3 is 2.59 bits per heavy atom. The van der Waals surface area contributed by atoms with Gasteiger partial charge < -0.3 is 15.5 Å². The molecular weight excluding hydrogens is 358 g/mol. The van der Waals surface area contributed by atoms with Crippen molar-refractivity contribution in [2.45, 2.75) is 58.8 Å². The molecule has 1 fully saturated rings. The SMILES string of the molecule is CCNC(=NCC1(C(=O)N(C)C)CCCC1)NCCc1csc(C(C)C)n1. The third-order valence-electron chi connectivity index (χ3n) is 5.04. The Balaban J connectivity index is 1.95. The molecule has 0 aliphatic heterocycles. The van der Waals surface area contributed by atoms with Crippen molar-refractivity contribution in [3.05, 3.63) is 16.1 Å². The number of nitrogens with zero attached hydrogens (tertiary/aromatic N) is 3. The molecule has 0 radical (unpaired) electrons. The first-order valence-electron chi connectivity index (χ1n) is 10.1. The van der Waals surface area contributed by atoms with Gasteiger partial charge in [-0.1, -0.05) is 26.7 Å². The van der Waals surface area contributed by atoms with E-state index in [4.69, 9.17) is 4.99 Å². The maximum absolute atomic E-state index is 12.7. The third-order valence-corrected chi connectivity index (χ3v) is 6.24. The first-order valence-corrected chi connectivity index (χ1v) is 10.9. The number of rotatable bonds is 8. The highest BCUT2D eigenvalue weighted by Crippen LogP contribution is 2.39. The molecular formula is C20H35N5OS. The van der Waals surface area contributed by atoms with Crippen LogP contribution in [0.2, 0.25) is 0 Å². The van der Waals surface area contributed by atoms with Gasteiger partial charge in [0, 0.05) is 44.9 Å². The zero-order valence-electron chi connectivity index (χ0n) is 17.5. The van der Waals surface area contributed by atoms with Gasteiger partial charge in [-0.2, -0.15) is 0 Å². The molecule has 0 unspecified atom stereocenters. The van der Waals surface area contributed by atoms with Crippen LogP contribution in [0.5, 0.6) is 0 Å². The lowest BCUT2D eigenvalue weighted by Gasteiger charge is -2.29. The molecule has 1 aliphatic rings. The van der Waals surface area contributed by atoms with Gasteiger partial charge >= 0.3 is 0 Å². The summed E-state index contributed by atoms with van der Waals surface area (Å²) < 4.78 is 0. The minimum atomic E-state index is -0.326. The molecule has 27 heavy (non-hydrogen) atoms. The van der Waals surface area contributed by atoms with E-state index in [1.54, 1.807) is 16.2 Å². The van der Waals surface area contributed by atoms with Crippen molar-refractivity contribution >= 4 is 23.2 Å². The Labute approximate surface area is 167 Å². The van der Waals surface area contributed by atoms with Crippen molar-refractivity contribution < 1.29 is 4.79 Å². The quantitative estimate of drug-likeness (QED) is 0.526. The van der Waals surface area contributed by atoms with Crippen LogP contribution in [0.25, 0.3) is 0 Å². The fourth-order valence-corrected chi connectivity index (χ4v) is 4.42. The predicted octanol–water partition coefficient (Wildman–Crippen LogP) is 3.01. The molecule has 1 heterocycles. The highest BCUT2D eigenvalue weighted by molar-refractivity contribution is 7.09. The van der Waals surface area contributed by atoms with E-state index in [2.05, 4.69) is 41.8 Å². The first kappa shape index (κ1) is 21.7. The lowest BCUT2D eigenvalue weighted by molar-refractivity contribution is -0.138. The smallest absolute Gasteiger partial charge is 0.230 e. The second-order valence-corrected chi connectivity index (χ2v) is 8.78. The summed E-state index contributed by atoms with van der Waals surface area (Å²) in [4.78, 5) is 23.9. The predicted molar refractivity (Wildman–Crippen MR) is 113 cm³/mol. The topological polar surface area (TPSA) is 69.6 Å². The van der Waals surface area contributed by atoms with Gasteiger partial charge in [0.25, 0.3) is 0 Å². The van der Waals surface area contributed by atoms with Crippen molar-refractivity contribution in [2.75, 3.05) is 33.7 Å². The van der Waals surface area contributed by atoms with E-state index in [1.807, 2.05) is 14.1 Å². The molecule has 1 amide bonds. The van der Waals surface area contributed by atoms with Gasteiger partial charge in [-0.05, 0) is 19.8 Å². The van der Waals surface area contributed by atoms with Crippen LogP contribution < -0.4 is 10.6 Å². The van der Waals surface area contributed by atoms with Gasteiger partial charge in [0.2, 0.25) is 5.91 Å². The Morgan fingerprint density at radius 2 is 2.04 bits per heavy atom. The molecule has 0 saturated heterocycles. The molecule has 1 aliphatic carbocycles. The number of thiazole rings is 1. The molecule has 0 aromatic carbocycles. The maximum Gasteiger partial charge on any atom is 0.230 e. The first-order chi connectivity index (χ1) is 12.9. The zero-order valence-corrected chi connectivity index (χ0v) is 18.3. The molecule has 152 valence electrons. The van der Waals surface area contributed by atoms with E-state index in [0.717, 1.165) is 56.8 Å². The van der Waals surface area contributed by atoms with Crippen LogP contribution in [0.3, 0.4) is 0 Å². The van der Waals surface area contributed by atoms with Crippen LogP contribution in [0.4, 0.5) is 0 Å². The Bertz CT molecular complexity index is 632. The summed E-state index contributed by atoms with van der Waals surface area (Å²) in [5.74, 6) is 1.48.